The van der Waals surface area contributed by atoms with Crippen molar-refractivity contribution in [3.8, 4) is 0 Å². The molecule has 0 heterocycles. The summed E-state index contributed by atoms with van der Waals surface area (Å²) in [5, 5.41) is -0.776. The highest BCUT2D eigenvalue weighted by atomic mass is 35.5. The van der Waals surface area contributed by atoms with Crippen LogP contribution < -0.4 is 4.72 Å². The van der Waals surface area contributed by atoms with E-state index in [1.807, 2.05) is 0 Å². The zero-order chi connectivity index (χ0) is 25.1. The SMILES string of the molecule is CC(CCNS(=O)(=O)c1ccc(Cl)cc1)C(c1cc(F)ccc1F)S(=O)(=O)c1ccc(Cl)cc1. The molecule has 0 aliphatic heterocycles. The summed E-state index contributed by atoms with van der Waals surface area (Å²) < 4.78 is 83.0. The van der Waals surface area contributed by atoms with Gasteiger partial charge in [0, 0.05) is 22.2 Å². The van der Waals surface area contributed by atoms with Crippen LogP contribution in [0.15, 0.2) is 76.5 Å². The first-order valence-corrected chi connectivity index (χ1v) is 13.9. The lowest BCUT2D eigenvalue weighted by molar-refractivity contribution is 0.465. The summed E-state index contributed by atoms with van der Waals surface area (Å²) in [6.45, 7) is 1.41. The third-order valence-corrected chi connectivity index (χ3v) is 9.57. The Morgan fingerprint density at radius 1 is 0.824 bits per heavy atom. The predicted octanol–water partition coefficient (Wildman–Crippen LogP) is 5.79. The van der Waals surface area contributed by atoms with Gasteiger partial charge in [0.1, 0.15) is 11.6 Å². The van der Waals surface area contributed by atoms with Crippen LogP contribution in [0.5, 0.6) is 0 Å². The van der Waals surface area contributed by atoms with Gasteiger partial charge in [0.25, 0.3) is 0 Å². The number of benzene rings is 3. The second-order valence-corrected chi connectivity index (χ2v) is 12.4. The highest BCUT2D eigenvalue weighted by Gasteiger charge is 2.36. The van der Waals surface area contributed by atoms with Crippen LogP contribution in [0.2, 0.25) is 10.0 Å². The normalized spacial score (nSPS) is 14.0. The van der Waals surface area contributed by atoms with E-state index in [0.29, 0.717) is 10.0 Å². The number of sulfone groups is 1. The lowest BCUT2D eigenvalue weighted by atomic mass is 9.97. The molecule has 0 amide bonds. The van der Waals surface area contributed by atoms with Crippen LogP contribution in [0, 0.1) is 17.6 Å². The first kappa shape index (κ1) is 26.6. The van der Waals surface area contributed by atoms with Gasteiger partial charge in [-0.25, -0.2) is 30.3 Å². The summed E-state index contributed by atoms with van der Waals surface area (Å²) in [6.07, 6.45) is 0.0280. The van der Waals surface area contributed by atoms with Crippen molar-refractivity contribution in [2.24, 2.45) is 5.92 Å². The molecule has 3 aromatic rings. The molecule has 0 saturated heterocycles. The van der Waals surface area contributed by atoms with Crippen molar-refractivity contribution in [2.75, 3.05) is 6.54 Å². The number of hydrogen-bond donors (Lipinski definition) is 1. The summed E-state index contributed by atoms with van der Waals surface area (Å²) >= 11 is 11.7. The molecule has 0 bridgehead atoms. The van der Waals surface area contributed by atoms with Crippen molar-refractivity contribution in [3.05, 3.63) is 94.0 Å². The molecule has 0 aromatic heterocycles. The fraction of sp³-hybridized carbons (Fsp3) is 0.217. The maximum absolute atomic E-state index is 14.7. The van der Waals surface area contributed by atoms with Gasteiger partial charge in [-0.05, 0) is 79.1 Å². The Balaban J connectivity index is 1.89. The zero-order valence-electron chi connectivity index (χ0n) is 17.9. The van der Waals surface area contributed by atoms with Crippen molar-refractivity contribution in [1.29, 1.82) is 0 Å². The van der Waals surface area contributed by atoms with Crippen LogP contribution in [0.3, 0.4) is 0 Å². The van der Waals surface area contributed by atoms with E-state index >= 15 is 0 Å². The Bertz CT molecular complexity index is 1370. The lowest BCUT2D eigenvalue weighted by Gasteiger charge is -2.25. The van der Waals surface area contributed by atoms with E-state index in [1.54, 1.807) is 6.92 Å². The molecule has 34 heavy (non-hydrogen) atoms. The first-order chi connectivity index (χ1) is 15.9. The number of hydrogen-bond acceptors (Lipinski definition) is 4. The number of rotatable bonds is 9. The molecule has 5 nitrogen and oxygen atoms in total. The van der Waals surface area contributed by atoms with E-state index in [1.165, 1.54) is 48.5 Å². The van der Waals surface area contributed by atoms with Crippen molar-refractivity contribution in [1.82, 2.24) is 4.72 Å². The van der Waals surface area contributed by atoms with Crippen LogP contribution in [-0.4, -0.2) is 23.4 Å². The van der Waals surface area contributed by atoms with E-state index < -0.39 is 42.7 Å². The first-order valence-electron chi connectivity index (χ1n) is 10.1. The lowest BCUT2D eigenvalue weighted by Crippen LogP contribution is -2.29. The molecule has 2 atom stereocenters. The van der Waals surface area contributed by atoms with Gasteiger partial charge in [-0.3, -0.25) is 0 Å². The molecule has 3 aromatic carbocycles. The summed E-state index contributed by atoms with van der Waals surface area (Å²) in [7, 11) is -8.07. The van der Waals surface area contributed by atoms with E-state index in [-0.39, 0.29) is 28.3 Å². The summed E-state index contributed by atoms with van der Waals surface area (Å²) in [5.74, 6) is -2.45. The molecule has 0 saturated carbocycles. The van der Waals surface area contributed by atoms with Crippen LogP contribution in [0.1, 0.15) is 24.2 Å². The summed E-state index contributed by atoms with van der Waals surface area (Å²) in [6, 6.07) is 13.5. The molecular formula is C23H21Cl2F2NO4S2. The van der Waals surface area contributed by atoms with Gasteiger partial charge in [-0.2, -0.15) is 0 Å². The Labute approximate surface area is 207 Å². The maximum Gasteiger partial charge on any atom is 0.240 e. The fourth-order valence-corrected chi connectivity index (χ4v) is 6.92. The monoisotopic (exact) mass is 547 g/mol. The fourth-order valence-electron chi connectivity index (χ4n) is 3.55. The minimum absolute atomic E-state index is 0.00827. The van der Waals surface area contributed by atoms with Crippen molar-refractivity contribution in [2.45, 2.75) is 28.4 Å². The van der Waals surface area contributed by atoms with Crippen LogP contribution >= 0.6 is 23.2 Å². The molecule has 3 rings (SSSR count). The van der Waals surface area contributed by atoms with E-state index in [4.69, 9.17) is 23.2 Å². The van der Waals surface area contributed by atoms with Crippen LogP contribution in [-0.2, 0) is 19.9 Å². The molecule has 0 fully saturated rings. The largest absolute Gasteiger partial charge is 0.240 e. The van der Waals surface area contributed by atoms with Gasteiger partial charge >= 0.3 is 0 Å². The van der Waals surface area contributed by atoms with Gasteiger partial charge in [-0.1, -0.05) is 30.1 Å². The second-order valence-electron chi connectivity index (χ2n) is 7.70. The van der Waals surface area contributed by atoms with E-state index in [9.17, 15) is 25.6 Å². The van der Waals surface area contributed by atoms with Gasteiger partial charge < -0.3 is 0 Å². The highest BCUT2D eigenvalue weighted by molar-refractivity contribution is 7.91. The third-order valence-electron chi connectivity index (χ3n) is 5.27. The van der Waals surface area contributed by atoms with Crippen molar-refractivity contribution in [3.63, 3.8) is 0 Å². The molecule has 0 spiro atoms. The molecule has 2 unspecified atom stereocenters. The zero-order valence-corrected chi connectivity index (χ0v) is 21.0. The van der Waals surface area contributed by atoms with E-state index in [2.05, 4.69) is 4.72 Å². The Morgan fingerprint density at radius 2 is 1.35 bits per heavy atom. The molecule has 11 heteroatoms. The van der Waals surface area contributed by atoms with Gasteiger partial charge in [0.05, 0.1) is 15.0 Å². The molecule has 0 radical (unpaired) electrons. The van der Waals surface area contributed by atoms with Crippen LogP contribution in [0.4, 0.5) is 8.78 Å². The highest BCUT2D eigenvalue weighted by Crippen LogP contribution is 2.38. The minimum atomic E-state index is -4.19. The standard InChI is InChI=1S/C23H21Cl2F2NO4S2/c1-15(12-13-28-34(31,32)20-9-4-17(25)5-10-20)23(21-14-18(26)6-11-22(21)27)33(29,30)19-7-2-16(24)3-8-19/h2-11,14-15,23,28H,12-13H2,1H3. The van der Waals surface area contributed by atoms with Crippen LogP contribution in [0.25, 0.3) is 0 Å². The van der Waals surface area contributed by atoms with Crippen molar-refractivity contribution < 1.29 is 25.6 Å². The molecule has 0 aliphatic rings. The topological polar surface area (TPSA) is 80.3 Å². The number of halogens is 4. The van der Waals surface area contributed by atoms with Gasteiger partial charge in [0.15, 0.2) is 9.84 Å². The predicted molar refractivity (Wildman–Crippen MR) is 128 cm³/mol. The second kappa shape index (κ2) is 10.7. The molecule has 1 N–H and O–H groups in total. The molecule has 0 aliphatic carbocycles. The Kier molecular flexibility index (Phi) is 8.36. The third kappa shape index (κ3) is 6.14. The number of nitrogens with one attached hydrogen (secondary N) is 1. The Morgan fingerprint density at radius 3 is 1.91 bits per heavy atom. The van der Waals surface area contributed by atoms with E-state index in [0.717, 1.165) is 18.2 Å². The average Bonchev–Trinajstić information content (AvgIpc) is 2.76. The minimum Gasteiger partial charge on any atom is -0.223 e. The quantitative estimate of drug-likeness (QED) is 0.367. The summed E-state index contributed by atoms with van der Waals surface area (Å²) in [4.78, 5) is -0.120. The average molecular weight is 548 g/mol. The number of sulfonamides is 1. The van der Waals surface area contributed by atoms with Crippen molar-refractivity contribution >= 4 is 43.1 Å². The summed E-state index contributed by atoms with van der Waals surface area (Å²) in [5.41, 5.74) is -0.331. The Hall–Kier alpha value is -2.04. The van der Waals surface area contributed by atoms with Gasteiger partial charge in [0.2, 0.25) is 10.0 Å². The molecule has 182 valence electrons. The smallest absolute Gasteiger partial charge is 0.223 e. The van der Waals surface area contributed by atoms with Gasteiger partial charge in [-0.15, -0.1) is 0 Å². The molecular weight excluding hydrogens is 527 g/mol. The maximum atomic E-state index is 14.7.